The first-order valence-corrected chi connectivity index (χ1v) is 5.75. The van der Waals surface area contributed by atoms with Crippen molar-refractivity contribution in [2.45, 2.75) is 30.5 Å². The molecule has 13 heavy (non-hydrogen) atoms. The van der Waals surface area contributed by atoms with Crippen molar-refractivity contribution in [2.24, 2.45) is 0 Å². The maximum absolute atomic E-state index is 5.49. The molecule has 1 atom stereocenters. The van der Waals surface area contributed by atoms with E-state index in [2.05, 4.69) is 39.7 Å². The van der Waals surface area contributed by atoms with Crippen LogP contribution in [0.15, 0.2) is 15.7 Å². The number of rotatable bonds is 3. The predicted molar refractivity (Wildman–Crippen MR) is 59.8 cm³/mol. The van der Waals surface area contributed by atoms with Crippen LogP contribution in [0.4, 0.5) is 5.95 Å². The Kier molecular flexibility index (Phi) is 3.99. The van der Waals surface area contributed by atoms with Gasteiger partial charge in [-0.1, -0.05) is 13.8 Å². The summed E-state index contributed by atoms with van der Waals surface area (Å²) in [4.78, 5) is 8.02. The molecule has 0 aliphatic carbocycles. The zero-order valence-corrected chi connectivity index (χ0v) is 10.0. The van der Waals surface area contributed by atoms with Crippen LogP contribution in [-0.4, -0.2) is 15.2 Å². The topological polar surface area (TPSA) is 51.8 Å². The lowest BCUT2D eigenvalue weighted by Gasteiger charge is -2.08. The van der Waals surface area contributed by atoms with Crippen LogP contribution >= 0.6 is 27.7 Å². The van der Waals surface area contributed by atoms with E-state index in [-0.39, 0.29) is 0 Å². The predicted octanol–water partition coefficient (Wildman–Crippen LogP) is 2.71. The molecule has 0 aliphatic rings. The van der Waals surface area contributed by atoms with Gasteiger partial charge in [-0.05, 0) is 22.4 Å². The maximum Gasteiger partial charge on any atom is 0.221 e. The van der Waals surface area contributed by atoms with E-state index in [0.29, 0.717) is 11.2 Å². The Labute approximate surface area is 90.7 Å². The van der Waals surface area contributed by atoms with Gasteiger partial charge in [-0.2, -0.15) is 0 Å². The molecule has 1 unspecified atom stereocenters. The maximum atomic E-state index is 5.49. The molecule has 1 rings (SSSR count). The zero-order chi connectivity index (χ0) is 9.84. The second-order valence-electron chi connectivity index (χ2n) is 2.72. The summed E-state index contributed by atoms with van der Waals surface area (Å²) in [5.41, 5.74) is 5.49. The van der Waals surface area contributed by atoms with Crippen molar-refractivity contribution in [1.82, 2.24) is 9.97 Å². The highest BCUT2D eigenvalue weighted by atomic mass is 79.9. The van der Waals surface area contributed by atoms with Crippen molar-refractivity contribution in [3.05, 3.63) is 10.7 Å². The fourth-order valence-electron chi connectivity index (χ4n) is 0.721. The van der Waals surface area contributed by atoms with Crippen LogP contribution in [0.3, 0.4) is 0 Å². The number of thioether (sulfide) groups is 1. The van der Waals surface area contributed by atoms with Gasteiger partial charge in [0.1, 0.15) is 5.03 Å². The minimum atomic E-state index is 0.328. The van der Waals surface area contributed by atoms with E-state index >= 15 is 0 Å². The molecule has 1 heterocycles. The molecule has 0 fully saturated rings. The molecule has 5 heteroatoms. The molecular formula is C8H12BrN3S. The lowest BCUT2D eigenvalue weighted by Crippen LogP contribution is -1.99. The Bertz CT molecular complexity index is 293. The van der Waals surface area contributed by atoms with E-state index in [1.807, 2.05) is 0 Å². The van der Waals surface area contributed by atoms with Crippen LogP contribution < -0.4 is 5.73 Å². The number of nitrogens with zero attached hydrogens (tertiary/aromatic N) is 2. The van der Waals surface area contributed by atoms with Crippen LogP contribution in [0, 0.1) is 0 Å². The van der Waals surface area contributed by atoms with Crippen LogP contribution in [0.2, 0.25) is 0 Å². The van der Waals surface area contributed by atoms with E-state index in [1.54, 1.807) is 18.0 Å². The Hall–Kier alpha value is -0.290. The molecule has 0 spiro atoms. The van der Waals surface area contributed by atoms with E-state index in [9.17, 15) is 0 Å². The van der Waals surface area contributed by atoms with Crippen molar-refractivity contribution in [1.29, 1.82) is 0 Å². The van der Waals surface area contributed by atoms with Gasteiger partial charge in [0.25, 0.3) is 0 Å². The van der Waals surface area contributed by atoms with E-state index < -0.39 is 0 Å². The standard InChI is InChI=1S/C8H12BrN3S/c1-3-5(2)13-7-6(9)4-11-8(10)12-7/h4-5H,3H2,1-2H3,(H2,10,11,12). The third-order valence-electron chi connectivity index (χ3n) is 1.62. The highest BCUT2D eigenvalue weighted by Gasteiger charge is 2.07. The van der Waals surface area contributed by atoms with Crippen LogP contribution in [0.25, 0.3) is 0 Å². The van der Waals surface area contributed by atoms with Crippen molar-refractivity contribution in [3.63, 3.8) is 0 Å². The summed E-state index contributed by atoms with van der Waals surface area (Å²) in [6.07, 6.45) is 2.80. The van der Waals surface area contributed by atoms with E-state index in [0.717, 1.165) is 15.9 Å². The van der Waals surface area contributed by atoms with Crippen LogP contribution in [-0.2, 0) is 0 Å². The molecule has 0 bridgehead atoms. The van der Waals surface area contributed by atoms with Crippen molar-refractivity contribution >= 4 is 33.6 Å². The summed E-state index contributed by atoms with van der Waals surface area (Å²) >= 11 is 5.09. The molecule has 0 aromatic carbocycles. The summed E-state index contributed by atoms with van der Waals surface area (Å²) in [7, 11) is 0. The van der Waals surface area contributed by atoms with Crippen LogP contribution in [0.1, 0.15) is 20.3 Å². The summed E-state index contributed by atoms with van der Waals surface area (Å²) in [6, 6.07) is 0. The van der Waals surface area contributed by atoms with Crippen LogP contribution in [0.5, 0.6) is 0 Å². The summed E-state index contributed by atoms with van der Waals surface area (Å²) in [5.74, 6) is 0.328. The normalized spacial score (nSPS) is 12.8. The van der Waals surface area contributed by atoms with Crippen molar-refractivity contribution in [3.8, 4) is 0 Å². The smallest absolute Gasteiger partial charge is 0.221 e. The molecule has 2 N–H and O–H groups in total. The lowest BCUT2D eigenvalue weighted by atomic mass is 10.4. The van der Waals surface area contributed by atoms with Gasteiger partial charge in [-0.15, -0.1) is 11.8 Å². The summed E-state index contributed by atoms with van der Waals surface area (Å²) in [6.45, 7) is 4.31. The van der Waals surface area contributed by atoms with Gasteiger partial charge in [0.15, 0.2) is 0 Å². The van der Waals surface area contributed by atoms with Gasteiger partial charge >= 0.3 is 0 Å². The van der Waals surface area contributed by atoms with Gasteiger partial charge in [0, 0.05) is 11.4 Å². The van der Waals surface area contributed by atoms with Gasteiger partial charge in [-0.3, -0.25) is 0 Å². The van der Waals surface area contributed by atoms with Gasteiger partial charge in [0.2, 0.25) is 5.95 Å². The van der Waals surface area contributed by atoms with E-state index in [4.69, 9.17) is 5.73 Å². The number of hydrogen-bond donors (Lipinski definition) is 1. The first kappa shape index (κ1) is 10.8. The molecular weight excluding hydrogens is 250 g/mol. The quantitative estimate of drug-likeness (QED) is 0.672. The molecule has 1 aromatic heterocycles. The summed E-state index contributed by atoms with van der Waals surface area (Å²) in [5, 5.41) is 1.47. The van der Waals surface area contributed by atoms with Gasteiger partial charge in [0.05, 0.1) is 4.47 Å². The highest BCUT2D eigenvalue weighted by Crippen LogP contribution is 2.29. The average molecular weight is 262 g/mol. The Morgan fingerprint density at radius 1 is 1.69 bits per heavy atom. The number of halogens is 1. The molecule has 0 amide bonds. The van der Waals surface area contributed by atoms with Gasteiger partial charge < -0.3 is 5.73 Å². The van der Waals surface area contributed by atoms with Crippen molar-refractivity contribution < 1.29 is 0 Å². The number of aromatic nitrogens is 2. The zero-order valence-electron chi connectivity index (χ0n) is 7.62. The second-order valence-corrected chi connectivity index (χ2v) is 5.00. The Balaban J connectivity index is 2.81. The number of hydrogen-bond acceptors (Lipinski definition) is 4. The van der Waals surface area contributed by atoms with E-state index in [1.165, 1.54) is 0 Å². The fraction of sp³-hybridized carbons (Fsp3) is 0.500. The highest BCUT2D eigenvalue weighted by molar-refractivity contribution is 9.10. The monoisotopic (exact) mass is 261 g/mol. The molecule has 72 valence electrons. The number of nitrogens with two attached hydrogens (primary N) is 1. The molecule has 3 nitrogen and oxygen atoms in total. The Morgan fingerprint density at radius 2 is 2.38 bits per heavy atom. The largest absolute Gasteiger partial charge is 0.368 e. The van der Waals surface area contributed by atoms with Gasteiger partial charge in [-0.25, -0.2) is 9.97 Å². The molecule has 0 aliphatic heterocycles. The SMILES string of the molecule is CCC(C)Sc1nc(N)ncc1Br. The summed E-state index contributed by atoms with van der Waals surface area (Å²) < 4.78 is 0.909. The lowest BCUT2D eigenvalue weighted by molar-refractivity contribution is 0.898. The second kappa shape index (κ2) is 4.81. The first-order valence-electron chi connectivity index (χ1n) is 4.08. The van der Waals surface area contributed by atoms with Crippen molar-refractivity contribution in [2.75, 3.05) is 5.73 Å². The average Bonchev–Trinajstić information content (AvgIpc) is 2.11. The number of anilines is 1. The third kappa shape index (κ3) is 3.15. The minimum Gasteiger partial charge on any atom is -0.368 e. The fourth-order valence-corrected chi connectivity index (χ4v) is 2.05. The number of nitrogen functional groups attached to an aromatic ring is 1. The molecule has 0 saturated heterocycles. The molecule has 1 aromatic rings. The Morgan fingerprint density at radius 3 is 3.00 bits per heavy atom. The molecule has 0 radical (unpaired) electrons. The first-order chi connectivity index (χ1) is 6.13. The minimum absolute atomic E-state index is 0.328. The third-order valence-corrected chi connectivity index (χ3v) is 3.73. The molecule has 0 saturated carbocycles.